The average Bonchev–Trinajstić information content (AvgIpc) is 2.74. The maximum Gasteiger partial charge on any atom is 0.320 e. The van der Waals surface area contributed by atoms with Crippen molar-refractivity contribution in [1.29, 1.82) is 0 Å². The van der Waals surface area contributed by atoms with Gasteiger partial charge >= 0.3 is 5.97 Å². The first kappa shape index (κ1) is 15.6. The van der Waals surface area contributed by atoms with E-state index < -0.39 is 12.0 Å². The first-order chi connectivity index (χ1) is 9.00. The highest BCUT2D eigenvalue weighted by Gasteiger charge is 2.12. The Balaban J connectivity index is 2.08. The lowest BCUT2D eigenvalue weighted by Crippen LogP contribution is -2.29. The van der Waals surface area contributed by atoms with Gasteiger partial charge in [-0.2, -0.15) is 0 Å². The number of carboxylic acids is 1. The molecule has 19 heavy (non-hydrogen) atoms. The van der Waals surface area contributed by atoms with Gasteiger partial charge in [-0.1, -0.05) is 36.1 Å². The van der Waals surface area contributed by atoms with Gasteiger partial charge in [-0.15, -0.1) is 0 Å². The molecule has 0 aromatic heterocycles. The van der Waals surface area contributed by atoms with Crippen molar-refractivity contribution in [3.05, 3.63) is 23.3 Å². The third kappa shape index (κ3) is 5.83. The molecular formula is C15H23NO3. The molecule has 3 N–H and O–H groups in total. The molecule has 0 aromatic rings. The number of carboxylic acid groups (broad SMARTS) is 1. The van der Waals surface area contributed by atoms with E-state index in [1.54, 1.807) is 0 Å². The first-order valence-electron chi connectivity index (χ1n) is 6.86. The molecule has 106 valence electrons. The summed E-state index contributed by atoms with van der Waals surface area (Å²) in [6, 6.07) is -0.770. The van der Waals surface area contributed by atoms with Crippen LogP contribution in [-0.2, 0) is 9.59 Å². The van der Waals surface area contributed by atoms with Crippen molar-refractivity contribution in [2.45, 2.75) is 57.9 Å². The van der Waals surface area contributed by atoms with E-state index >= 15 is 0 Å². The van der Waals surface area contributed by atoms with Gasteiger partial charge in [0, 0.05) is 12.8 Å². The van der Waals surface area contributed by atoms with Crippen LogP contribution in [0.25, 0.3) is 0 Å². The standard InChI is InChI=1S/C15H23NO3/c1-11-6-5-7-12(11)10-13(17)8-3-2-4-9-14(16)15(18)19/h5-6,14H,2-4,7-10,16H2,1H3,(H,18,19)/t14-/m0/s1. The number of carbonyl (C=O) groups is 2. The number of hydrogen-bond acceptors (Lipinski definition) is 3. The first-order valence-corrected chi connectivity index (χ1v) is 6.86. The molecule has 0 aliphatic heterocycles. The second-order valence-corrected chi connectivity index (χ2v) is 5.15. The van der Waals surface area contributed by atoms with Gasteiger partial charge < -0.3 is 10.8 Å². The van der Waals surface area contributed by atoms with E-state index in [-0.39, 0.29) is 5.78 Å². The molecule has 4 nitrogen and oxygen atoms in total. The van der Waals surface area contributed by atoms with E-state index in [0.29, 0.717) is 19.3 Å². The quantitative estimate of drug-likeness (QED) is 0.628. The second-order valence-electron chi connectivity index (χ2n) is 5.15. The molecule has 0 bridgehead atoms. The molecule has 0 radical (unpaired) electrons. The molecule has 1 aliphatic carbocycles. The zero-order valence-corrected chi connectivity index (χ0v) is 11.5. The van der Waals surface area contributed by atoms with Gasteiger partial charge in [0.05, 0.1) is 0 Å². The van der Waals surface area contributed by atoms with Crippen LogP contribution in [0.2, 0.25) is 0 Å². The number of allylic oxidation sites excluding steroid dienone is 4. The zero-order chi connectivity index (χ0) is 14.3. The van der Waals surface area contributed by atoms with Crippen molar-refractivity contribution >= 4 is 11.8 Å². The van der Waals surface area contributed by atoms with Crippen LogP contribution in [0.4, 0.5) is 0 Å². The molecule has 0 spiro atoms. The van der Waals surface area contributed by atoms with E-state index in [4.69, 9.17) is 10.8 Å². The van der Waals surface area contributed by atoms with Gasteiger partial charge in [0.15, 0.2) is 0 Å². The Hall–Kier alpha value is -1.42. The number of nitrogens with two attached hydrogens (primary N) is 1. The summed E-state index contributed by atoms with van der Waals surface area (Å²) in [6.07, 6.45) is 9.15. The molecule has 0 saturated carbocycles. The summed E-state index contributed by atoms with van der Waals surface area (Å²) >= 11 is 0. The van der Waals surface area contributed by atoms with Crippen molar-refractivity contribution in [2.75, 3.05) is 0 Å². The second kappa shape index (κ2) is 7.89. The molecule has 0 amide bonds. The zero-order valence-electron chi connectivity index (χ0n) is 11.5. The SMILES string of the molecule is CC1=C(CC(=O)CCCCC[C@H](N)C(=O)O)CC=C1. The molecule has 0 heterocycles. The predicted octanol–water partition coefficient (Wildman–Crippen LogP) is 2.58. The molecule has 0 fully saturated rings. The molecule has 0 unspecified atom stereocenters. The smallest absolute Gasteiger partial charge is 0.320 e. The lowest BCUT2D eigenvalue weighted by molar-refractivity contribution is -0.138. The molecule has 1 atom stereocenters. The third-order valence-corrected chi connectivity index (χ3v) is 3.49. The Morgan fingerprint density at radius 3 is 2.68 bits per heavy atom. The Morgan fingerprint density at radius 1 is 1.37 bits per heavy atom. The van der Waals surface area contributed by atoms with Crippen LogP contribution in [0.1, 0.15) is 51.9 Å². The van der Waals surface area contributed by atoms with Crippen molar-refractivity contribution in [2.24, 2.45) is 5.73 Å². The Kier molecular flexibility index (Phi) is 6.50. The summed E-state index contributed by atoms with van der Waals surface area (Å²) in [5.74, 6) is -0.673. The van der Waals surface area contributed by atoms with Crippen molar-refractivity contribution in [3.63, 3.8) is 0 Å². The highest BCUT2D eigenvalue weighted by atomic mass is 16.4. The van der Waals surface area contributed by atoms with Crippen LogP contribution in [0, 0.1) is 0 Å². The highest BCUT2D eigenvalue weighted by Crippen LogP contribution is 2.22. The van der Waals surface area contributed by atoms with E-state index in [2.05, 4.69) is 12.2 Å². The number of aliphatic carboxylic acids is 1. The van der Waals surface area contributed by atoms with Gasteiger partial charge in [0.1, 0.15) is 11.8 Å². The summed E-state index contributed by atoms with van der Waals surface area (Å²) in [5.41, 5.74) is 7.86. The number of ketones is 1. The number of carbonyl (C=O) groups excluding carboxylic acids is 1. The Morgan fingerprint density at radius 2 is 2.11 bits per heavy atom. The molecule has 4 heteroatoms. The van der Waals surface area contributed by atoms with Crippen LogP contribution >= 0.6 is 0 Å². The predicted molar refractivity (Wildman–Crippen MR) is 74.8 cm³/mol. The van der Waals surface area contributed by atoms with E-state index in [1.165, 1.54) is 11.1 Å². The summed E-state index contributed by atoms with van der Waals surface area (Å²) < 4.78 is 0. The fraction of sp³-hybridized carbons (Fsp3) is 0.600. The molecule has 1 aliphatic rings. The number of rotatable bonds is 9. The van der Waals surface area contributed by atoms with E-state index in [1.807, 2.05) is 6.92 Å². The van der Waals surface area contributed by atoms with Crippen molar-refractivity contribution < 1.29 is 14.7 Å². The molecule has 0 aromatic carbocycles. The van der Waals surface area contributed by atoms with Crippen LogP contribution in [0.3, 0.4) is 0 Å². The largest absolute Gasteiger partial charge is 0.480 e. The van der Waals surface area contributed by atoms with Gasteiger partial charge in [-0.05, 0) is 26.2 Å². The number of hydrogen-bond donors (Lipinski definition) is 2. The maximum atomic E-state index is 11.8. The molecule has 0 saturated heterocycles. The number of Topliss-reactive ketones (excluding diaryl/α,β-unsaturated/α-hetero) is 1. The topological polar surface area (TPSA) is 80.4 Å². The normalized spacial score (nSPS) is 15.9. The average molecular weight is 265 g/mol. The summed E-state index contributed by atoms with van der Waals surface area (Å²) in [7, 11) is 0. The van der Waals surface area contributed by atoms with Crippen molar-refractivity contribution in [1.82, 2.24) is 0 Å². The van der Waals surface area contributed by atoms with Gasteiger partial charge in [0.25, 0.3) is 0 Å². The summed E-state index contributed by atoms with van der Waals surface area (Å²) in [4.78, 5) is 22.3. The lowest BCUT2D eigenvalue weighted by atomic mass is 10.0. The van der Waals surface area contributed by atoms with Crippen LogP contribution in [-0.4, -0.2) is 22.9 Å². The minimum atomic E-state index is -0.952. The van der Waals surface area contributed by atoms with Crippen LogP contribution in [0.5, 0.6) is 0 Å². The fourth-order valence-corrected chi connectivity index (χ4v) is 2.18. The fourth-order valence-electron chi connectivity index (χ4n) is 2.18. The van der Waals surface area contributed by atoms with Crippen molar-refractivity contribution in [3.8, 4) is 0 Å². The molecular weight excluding hydrogens is 242 g/mol. The Labute approximate surface area is 114 Å². The lowest BCUT2D eigenvalue weighted by Gasteiger charge is -2.06. The summed E-state index contributed by atoms with van der Waals surface area (Å²) in [5, 5.41) is 8.62. The number of unbranched alkanes of at least 4 members (excludes halogenated alkanes) is 2. The van der Waals surface area contributed by atoms with Crippen LogP contribution in [0.15, 0.2) is 23.3 Å². The van der Waals surface area contributed by atoms with Gasteiger partial charge in [0.2, 0.25) is 0 Å². The molecule has 1 rings (SSSR count). The van der Waals surface area contributed by atoms with E-state index in [0.717, 1.165) is 25.7 Å². The monoisotopic (exact) mass is 265 g/mol. The third-order valence-electron chi connectivity index (χ3n) is 3.49. The minimum absolute atomic E-state index is 0.278. The van der Waals surface area contributed by atoms with Gasteiger partial charge in [-0.25, -0.2) is 0 Å². The van der Waals surface area contributed by atoms with E-state index in [9.17, 15) is 9.59 Å². The highest BCUT2D eigenvalue weighted by molar-refractivity contribution is 5.81. The van der Waals surface area contributed by atoms with Gasteiger partial charge in [-0.3, -0.25) is 9.59 Å². The Bertz CT molecular complexity index is 396. The minimum Gasteiger partial charge on any atom is -0.480 e. The van der Waals surface area contributed by atoms with Crippen LogP contribution < -0.4 is 5.73 Å². The summed E-state index contributed by atoms with van der Waals surface area (Å²) in [6.45, 7) is 2.04. The maximum absolute atomic E-state index is 11.8.